The van der Waals surface area contributed by atoms with E-state index in [2.05, 4.69) is 0 Å². The molecular formula is C11H19ClN2O. The van der Waals surface area contributed by atoms with Crippen molar-refractivity contribution in [3.05, 3.63) is 0 Å². The fourth-order valence-corrected chi connectivity index (χ4v) is 3.37. The standard InChI is InChI=1S/C11H19ClN2O/c12-6-9-1-2-11(5-9)3-4-14(8-11)10(15)7-13/h9H,1-8,13H2. The van der Waals surface area contributed by atoms with Crippen molar-refractivity contribution in [2.75, 3.05) is 25.5 Å². The second-order valence-electron chi connectivity index (χ2n) is 5.03. The molecule has 2 unspecified atom stereocenters. The minimum absolute atomic E-state index is 0.0983. The number of hydrogen-bond acceptors (Lipinski definition) is 2. The maximum atomic E-state index is 11.5. The summed E-state index contributed by atoms with van der Waals surface area (Å²) in [5, 5.41) is 0. The minimum Gasteiger partial charge on any atom is -0.341 e. The predicted octanol–water partition coefficient (Wildman–Crippen LogP) is 1.20. The first-order valence-electron chi connectivity index (χ1n) is 5.73. The number of halogens is 1. The molecule has 0 aromatic carbocycles. The molecule has 0 bridgehead atoms. The van der Waals surface area contributed by atoms with E-state index in [1.807, 2.05) is 4.90 Å². The van der Waals surface area contributed by atoms with Gasteiger partial charge in [-0.25, -0.2) is 0 Å². The maximum absolute atomic E-state index is 11.5. The first kappa shape index (κ1) is 11.2. The lowest BCUT2D eigenvalue weighted by molar-refractivity contribution is -0.129. The van der Waals surface area contributed by atoms with Crippen molar-refractivity contribution in [1.29, 1.82) is 0 Å². The van der Waals surface area contributed by atoms with Crippen LogP contribution in [0.1, 0.15) is 25.7 Å². The molecule has 0 aromatic rings. The maximum Gasteiger partial charge on any atom is 0.236 e. The summed E-state index contributed by atoms with van der Waals surface area (Å²) >= 11 is 5.90. The molecule has 0 radical (unpaired) electrons. The molecule has 86 valence electrons. The van der Waals surface area contributed by atoms with Crippen LogP contribution in [-0.4, -0.2) is 36.3 Å². The minimum atomic E-state index is 0.0983. The monoisotopic (exact) mass is 230 g/mol. The van der Waals surface area contributed by atoms with Gasteiger partial charge in [-0.2, -0.15) is 0 Å². The Balaban J connectivity index is 1.94. The number of nitrogens with zero attached hydrogens (tertiary/aromatic N) is 1. The Morgan fingerprint density at radius 1 is 1.53 bits per heavy atom. The summed E-state index contributed by atoms with van der Waals surface area (Å²) < 4.78 is 0. The molecule has 0 aromatic heterocycles. The van der Waals surface area contributed by atoms with Gasteiger partial charge in [0.1, 0.15) is 0 Å². The molecule has 3 nitrogen and oxygen atoms in total. The normalized spacial score (nSPS) is 35.3. The van der Waals surface area contributed by atoms with Gasteiger partial charge in [0.2, 0.25) is 5.91 Å². The van der Waals surface area contributed by atoms with Crippen molar-refractivity contribution in [3.8, 4) is 0 Å². The van der Waals surface area contributed by atoms with Crippen LogP contribution in [0.3, 0.4) is 0 Å². The fourth-order valence-electron chi connectivity index (χ4n) is 3.11. The van der Waals surface area contributed by atoms with Crippen LogP contribution in [0.15, 0.2) is 0 Å². The van der Waals surface area contributed by atoms with E-state index in [0.29, 0.717) is 11.3 Å². The molecule has 1 amide bonds. The van der Waals surface area contributed by atoms with Crippen LogP contribution < -0.4 is 5.73 Å². The molecule has 15 heavy (non-hydrogen) atoms. The molecule has 2 aliphatic rings. The lowest BCUT2D eigenvalue weighted by Crippen LogP contribution is -2.35. The van der Waals surface area contributed by atoms with E-state index >= 15 is 0 Å². The number of carbonyl (C=O) groups is 1. The third-order valence-corrected chi connectivity index (χ3v) is 4.42. The molecule has 2 rings (SSSR count). The van der Waals surface area contributed by atoms with E-state index in [4.69, 9.17) is 17.3 Å². The van der Waals surface area contributed by atoms with Gasteiger partial charge in [0.25, 0.3) is 0 Å². The van der Waals surface area contributed by atoms with E-state index in [-0.39, 0.29) is 12.5 Å². The average Bonchev–Trinajstić information content (AvgIpc) is 2.86. The van der Waals surface area contributed by atoms with E-state index < -0.39 is 0 Å². The number of hydrogen-bond donors (Lipinski definition) is 1. The molecular weight excluding hydrogens is 212 g/mol. The van der Waals surface area contributed by atoms with Gasteiger partial charge in [-0.3, -0.25) is 4.79 Å². The topological polar surface area (TPSA) is 46.3 Å². The third-order valence-electron chi connectivity index (χ3n) is 3.99. The van der Waals surface area contributed by atoms with E-state index in [1.165, 1.54) is 19.3 Å². The number of alkyl halides is 1. The Morgan fingerprint density at radius 2 is 2.33 bits per heavy atom. The molecule has 2 fully saturated rings. The zero-order valence-corrected chi connectivity index (χ0v) is 9.80. The van der Waals surface area contributed by atoms with Crippen molar-refractivity contribution in [2.45, 2.75) is 25.7 Å². The van der Waals surface area contributed by atoms with Crippen LogP contribution in [0, 0.1) is 11.3 Å². The molecule has 4 heteroatoms. The van der Waals surface area contributed by atoms with Crippen molar-refractivity contribution in [3.63, 3.8) is 0 Å². The Bertz CT molecular complexity index is 259. The van der Waals surface area contributed by atoms with Gasteiger partial charge in [0.05, 0.1) is 6.54 Å². The molecule has 1 saturated carbocycles. The highest BCUT2D eigenvalue weighted by molar-refractivity contribution is 6.18. The Hall–Kier alpha value is -0.280. The van der Waals surface area contributed by atoms with E-state index in [9.17, 15) is 4.79 Å². The zero-order chi connectivity index (χ0) is 10.9. The Labute approximate surface area is 95.9 Å². The summed E-state index contributed by atoms with van der Waals surface area (Å²) in [6.07, 6.45) is 4.81. The molecule has 1 spiro atoms. The van der Waals surface area contributed by atoms with Crippen molar-refractivity contribution in [2.24, 2.45) is 17.1 Å². The number of nitrogens with two attached hydrogens (primary N) is 1. The van der Waals surface area contributed by atoms with E-state index in [1.54, 1.807) is 0 Å². The van der Waals surface area contributed by atoms with Crippen molar-refractivity contribution >= 4 is 17.5 Å². The smallest absolute Gasteiger partial charge is 0.236 e. The highest BCUT2D eigenvalue weighted by Crippen LogP contribution is 2.48. The predicted molar refractivity (Wildman–Crippen MR) is 60.7 cm³/mol. The van der Waals surface area contributed by atoms with Crippen LogP contribution in [0.5, 0.6) is 0 Å². The molecule has 2 atom stereocenters. The molecule has 1 aliphatic carbocycles. The summed E-state index contributed by atoms with van der Waals surface area (Å²) in [6, 6.07) is 0. The second-order valence-corrected chi connectivity index (χ2v) is 5.34. The summed E-state index contributed by atoms with van der Waals surface area (Å²) in [4.78, 5) is 13.4. The lowest BCUT2D eigenvalue weighted by Gasteiger charge is -2.23. The number of likely N-dealkylation sites (tertiary alicyclic amines) is 1. The largest absolute Gasteiger partial charge is 0.341 e. The second kappa shape index (κ2) is 4.30. The van der Waals surface area contributed by atoms with Gasteiger partial charge >= 0.3 is 0 Å². The summed E-state index contributed by atoms with van der Waals surface area (Å²) in [5.41, 5.74) is 5.76. The van der Waals surface area contributed by atoms with Gasteiger partial charge in [-0.1, -0.05) is 0 Å². The first-order chi connectivity index (χ1) is 7.19. The molecule has 2 N–H and O–H groups in total. The number of amides is 1. The van der Waals surface area contributed by atoms with Crippen molar-refractivity contribution in [1.82, 2.24) is 4.90 Å². The fraction of sp³-hybridized carbons (Fsp3) is 0.909. The van der Waals surface area contributed by atoms with Crippen molar-refractivity contribution < 1.29 is 4.79 Å². The van der Waals surface area contributed by atoms with Gasteiger partial charge in [-0.15, -0.1) is 11.6 Å². The summed E-state index contributed by atoms with van der Waals surface area (Å²) in [7, 11) is 0. The summed E-state index contributed by atoms with van der Waals surface area (Å²) in [6.45, 7) is 1.95. The van der Waals surface area contributed by atoms with E-state index in [0.717, 1.165) is 25.4 Å². The average molecular weight is 231 g/mol. The van der Waals surface area contributed by atoms with Gasteiger partial charge in [-0.05, 0) is 37.0 Å². The Kier molecular flexibility index (Phi) is 3.21. The van der Waals surface area contributed by atoms with Gasteiger partial charge in [0.15, 0.2) is 0 Å². The molecule has 1 saturated heterocycles. The van der Waals surface area contributed by atoms with Gasteiger partial charge < -0.3 is 10.6 Å². The summed E-state index contributed by atoms with van der Waals surface area (Å²) in [5.74, 6) is 1.54. The van der Waals surface area contributed by atoms with Crippen LogP contribution in [0.25, 0.3) is 0 Å². The molecule has 1 aliphatic heterocycles. The van der Waals surface area contributed by atoms with Crippen LogP contribution >= 0.6 is 11.6 Å². The molecule has 1 heterocycles. The SMILES string of the molecule is NCC(=O)N1CCC2(CCC(CCl)C2)C1. The lowest BCUT2D eigenvalue weighted by atomic mass is 9.85. The van der Waals surface area contributed by atoms with Crippen LogP contribution in [0.4, 0.5) is 0 Å². The quantitative estimate of drug-likeness (QED) is 0.725. The van der Waals surface area contributed by atoms with Gasteiger partial charge in [0, 0.05) is 19.0 Å². The highest BCUT2D eigenvalue weighted by Gasteiger charge is 2.44. The first-order valence-corrected chi connectivity index (χ1v) is 6.26. The third kappa shape index (κ3) is 2.13. The Morgan fingerprint density at radius 3 is 2.93 bits per heavy atom. The van der Waals surface area contributed by atoms with Crippen LogP contribution in [-0.2, 0) is 4.79 Å². The zero-order valence-electron chi connectivity index (χ0n) is 9.04. The number of carbonyl (C=O) groups excluding carboxylic acids is 1. The van der Waals surface area contributed by atoms with Crippen LogP contribution in [0.2, 0.25) is 0 Å². The highest BCUT2D eigenvalue weighted by atomic mass is 35.5. The number of rotatable bonds is 2.